The van der Waals surface area contributed by atoms with Crippen LogP contribution >= 0.6 is 0 Å². The maximum Gasteiger partial charge on any atom is 0.0492 e. The molecule has 0 bridgehead atoms. The van der Waals surface area contributed by atoms with Crippen LogP contribution in [0.3, 0.4) is 0 Å². The molecule has 0 aliphatic heterocycles. The van der Waals surface area contributed by atoms with Gasteiger partial charge in [0.1, 0.15) is 0 Å². The van der Waals surface area contributed by atoms with Crippen LogP contribution in [0.5, 0.6) is 0 Å². The van der Waals surface area contributed by atoms with E-state index in [-0.39, 0.29) is 0 Å². The van der Waals surface area contributed by atoms with Gasteiger partial charge in [-0.1, -0.05) is 139 Å². The number of rotatable bonds is 6. The highest BCUT2D eigenvalue weighted by Crippen LogP contribution is 2.50. The third kappa shape index (κ3) is 5.10. The fourth-order valence-corrected chi connectivity index (χ4v) is 7.51. The van der Waals surface area contributed by atoms with Crippen molar-refractivity contribution in [2.45, 2.75) is 6.92 Å². The molecular weight excluding hydrogens is 605 g/mol. The normalized spacial score (nSPS) is 11.3. The van der Waals surface area contributed by atoms with Gasteiger partial charge in [0.15, 0.2) is 0 Å². The van der Waals surface area contributed by atoms with Crippen molar-refractivity contribution in [3.63, 3.8) is 0 Å². The van der Waals surface area contributed by atoms with Gasteiger partial charge in [-0.25, -0.2) is 0 Å². The number of anilines is 3. The van der Waals surface area contributed by atoms with Gasteiger partial charge in [-0.05, 0) is 115 Å². The second kappa shape index (κ2) is 12.5. The smallest absolute Gasteiger partial charge is 0.0492 e. The van der Waals surface area contributed by atoms with Crippen LogP contribution in [0.15, 0.2) is 188 Å². The molecule has 236 valence electrons. The highest BCUT2D eigenvalue weighted by molar-refractivity contribution is 6.33. The van der Waals surface area contributed by atoms with Gasteiger partial charge < -0.3 is 4.90 Å². The van der Waals surface area contributed by atoms with Crippen LogP contribution in [0.25, 0.3) is 65.7 Å². The molecule has 9 aromatic rings. The third-order valence-electron chi connectivity index (χ3n) is 9.79. The number of pyridine rings is 1. The van der Waals surface area contributed by atoms with E-state index in [2.05, 4.69) is 193 Å². The molecule has 0 saturated carbocycles. The number of benzene rings is 8. The molecule has 1 heterocycles. The molecule has 0 radical (unpaired) electrons. The van der Waals surface area contributed by atoms with Gasteiger partial charge >= 0.3 is 0 Å². The van der Waals surface area contributed by atoms with Crippen molar-refractivity contribution in [3.8, 4) is 33.4 Å². The third-order valence-corrected chi connectivity index (χ3v) is 9.79. The van der Waals surface area contributed by atoms with Crippen molar-refractivity contribution in [2.75, 3.05) is 4.90 Å². The Hall–Kier alpha value is -6.51. The van der Waals surface area contributed by atoms with Crippen molar-refractivity contribution >= 4 is 49.4 Å². The number of aryl methyl sites for hydroxylation is 1. The summed E-state index contributed by atoms with van der Waals surface area (Å²) in [6.07, 6.45) is 3.73. The lowest BCUT2D eigenvalue weighted by atomic mass is 9.81. The minimum Gasteiger partial charge on any atom is -0.310 e. The Morgan fingerprint density at radius 3 is 1.56 bits per heavy atom. The van der Waals surface area contributed by atoms with Gasteiger partial charge in [0, 0.05) is 29.5 Å². The lowest BCUT2D eigenvalue weighted by Crippen LogP contribution is -2.10. The summed E-state index contributed by atoms with van der Waals surface area (Å²) in [5, 5.41) is 7.47. The Labute approximate surface area is 292 Å². The van der Waals surface area contributed by atoms with Gasteiger partial charge in [-0.15, -0.1) is 0 Å². The lowest BCUT2D eigenvalue weighted by Gasteiger charge is -2.27. The molecule has 2 nitrogen and oxygen atoms in total. The molecule has 0 atom stereocenters. The predicted molar refractivity (Wildman–Crippen MR) is 212 cm³/mol. The molecule has 0 N–H and O–H groups in total. The predicted octanol–water partition coefficient (Wildman–Crippen LogP) is 13.3. The number of hydrogen-bond acceptors (Lipinski definition) is 2. The Balaban J connectivity index is 1.46. The first-order valence-corrected chi connectivity index (χ1v) is 17.1. The van der Waals surface area contributed by atoms with E-state index in [1.807, 2.05) is 12.4 Å². The summed E-state index contributed by atoms with van der Waals surface area (Å²) in [6.45, 7) is 2.13. The Morgan fingerprint density at radius 1 is 0.380 bits per heavy atom. The van der Waals surface area contributed by atoms with Crippen molar-refractivity contribution in [1.29, 1.82) is 0 Å². The second-order valence-corrected chi connectivity index (χ2v) is 12.8. The van der Waals surface area contributed by atoms with E-state index in [1.165, 1.54) is 71.3 Å². The van der Waals surface area contributed by atoms with E-state index in [1.54, 1.807) is 0 Å². The number of aromatic nitrogens is 1. The largest absolute Gasteiger partial charge is 0.310 e. The number of hydrogen-bond donors (Lipinski definition) is 0. The average molecular weight is 639 g/mol. The summed E-state index contributed by atoms with van der Waals surface area (Å²) in [7, 11) is 0. The second-order valence-electron chi connectivity index (χ2n) is 12.8. The van der Waals surface area contributed by atoms with Crippen molar-refractivity contribution in [3.05, 3.63) is 194 Å². The maximum absolute atomic E-state index is 4.33. The number of fused-ring (bicyclic) bond motifs is 6. The first-order valence-electron chi connectivity index (χ1n) is 17.1. The number of nitrogens with zero attached hydrogens (tertiary/aromatic N) is 2. The molecule has 0 saturated heterocycles. The molecule has 0 aliphatic rings. The first-order chi connectivity index (χ1) is 24.7. The molecular formula is C48H34N2. The zero-order chi connectivity index (χ0) is 33.4. The van der Waals surface area contributed by atoms with E-state index >= 15 is 0 Å². The van der Waals surface area contributed by atoms with E-state index in [9.17, 15) is 0 Å². The molecule has 0 spiro atoms. The molecule has 50 heavy (non-hydrogen) atoms. The summed E-state index contributed by atoms with van der Waals surface area (Å²) in [6, 6.07) is 63.9. The molecule has 0 amide bonds. The standard InChI is InChI=1S/C48H34N2/c1-33-21-23-37(24-22-33)50(38-27-29-49-30-28-38)39-25-26-42-45(31-39)40-19-11-12-20-41(40)47-44(35-15-7-3-8-16-35)32-43(34-13-5-2-6-14-34)46(48(42)47)36-17-9-4-10-18-36/h2-32H,1H3. The highest BCUT2D eigenvalue weighted by Gasteiger charge is 2.22. The molecule has 2 heteroatoms. The van der Waals surface area contributed by atoms with Gasteiger partial charge in [0.2, 0.25) is 0 Å². The Bertz CT molecular complexity index is 2610. The molecule has 0 fully saturated rings. The van der Waals surface area contributed by atoms with Crippen LogP contribution in [0, 0.1) is 6.92 Å². The fraction of sp³-hybridized carbons (Fsp3) is 0.0208. The summed E-state index contributed by atoms with van der Waals surface area (Å²) >= 11 is 0. The zero-order valence-electron chi connectivity index (χ0n) is 27.8. The lowest BCUT2D eigenvalue weighted by molar-refractivity contribution is 1.24. The molecule has 9 rings (SSSR count). The van der Waals surface area contributed by atoms with E-state index in [0.29, 0.717) is 0 Å². The summed E-state index contributed by atoms with van der Waals surface area (Å²) in [5.74, 6) is 0. The van der Waals surface area contributed by atoms with Crippen LogP contribution in [0.4, 0.5) is 17.1 Å². The van der Waals surface area contributed by atoms with Crippen LogP contribution < -0.4 is 4.90 Å². The quantitative estimate of drug-likeness (QED) is 0.169. The van der Waals surface area contributed by atoms with Crippen LogP contribution in [-0.4, -0.2) is 4.98 Å². The van der Waals surface area contributed by atoms with Crippen molar-refractivity contribution in [1.82, 2.24) is 4.98 Å². The fourth-order valence-electron chi connectivity index (χ4n) is 7.51. The molecule has 0 unspecified atom stereocenters. The van der Waals surface area contributed by atoms with Crippen molar-refractivity contribution < 1.29 is 0 Å². The SMILES string of the molecule is Cc1ccc(N(c2ccncc2)c2ccc3c(c2)c2ccccc2c2c(-c4ccccc4)cc(-c4ccccc4)c(-c4ccccc4)c32)cc1. The van der Waals surface area contributed by atoms with Crippen LogP contribution in [0.1, 0.15) is 5.56 Å². The minimum absolute atomic E-state index is 1.07. The van der Waals surface area contributed by atoms with Crippen LogP contribution in [0.2, 0.25) is 0 Å². The van der Waals surface area contributed by atoms with E-state index in [4.69, 9.17) is 0 Å². The van der Waals surface area contributed by atoms with Gasteiger partial charge in [-0.3, -0.25) is 4.98 Å². The first kappa shape index (κ1) is 29.6. The summed E-state index contributed by atoms with van der Waals surface area (Å²) in [4.78, 5) is 6.66. The summed E-state index contributed by atoms with van der Waals surface area (Å²) < 4.78 is 0. The Morgan fingerprint density at radius 2 is 0.900 bits per heavy atom. The monoisotopic (exact) mass is 638 g/mol. The summed E-state index contributed by atoms with van der Waals surface area (Å²) in [5.41, 5.74) is 11.8. The highest BCUT2D eigenvalue weighted by atomic mass is 15.1. The topological polar surface area (TPSA) is 16.1 Å². The Kier molecular flexibility index (Phi) is 7.40. The van der Waals surface area contributed by atoms with Gasteiger partial charge in [0.25, 0.3) is 0 Å². The van der Waals surface area contributed by atoms with Crippen LogP contribution in [-0.2, 0) is 0 Å². The van der Waals surface area contributed by atoms with Gasteiger partial charge in [-0.2, -0.15) is 0 Å². The van der Waals surface area contributed by atoms with E-state index < -0.39 is 0 Å². The van der Waals surface area contributed by atoms with E-state index in [0.717, 1.165) is 17.1 Å². The minimum atomic E-state index is 1.07. The molecule has 0 aliphatic carbocycles. The van der Waals surface area contributed by atoms with Gasteiger partial charge in [0.05, 0.1) is 0 Å². The molecule has 8 aromatic carbocycles. The maximum atomic E-state index is 4.33. The average Bonchev–Trinajstić information content (AvgIpc) is 3.19. The molecule has 1 aromatic heterocycles. The zero-order valence-corrected chi connectivity index (χ0v) is 27.8. The van der Waals surface area contributed by atoms with Crippen molar-refractivity contribution in [2.24, 2.45) is 0 Å².